The third-order valence-electron chi connectivity index (χ3n) is 2.78. The van der Waals surface area contributed by atoms with Crippen LogP contribution in [0, 0.1) is 0 Å². The van der Waals surface area contributed by atoms with E-state index in [4.69, 9.17) is 10.8 Å². The second-order valence-corrected chi connectivity index (χ2v) is 3.70. The third-order valence-corrected chi connectivity index (χ3v) is 2.78. The van der Waals surface area contributed by atoms with Gasteiger partial charge in [0.25, 0.3) is 0 Å². The predicted molar refractivity (Wildman–Crippen MR) is 54.5 cm³/mol. The number of anilines is 1. The highest BCUT2D eigenvalue weighted by atomic mass is 16.4. The van der Waals surface area contributed by atoms with Crippen LogP contribution in [-0.2, 0) is 0 Å². The van der Waals surface area contributed by atoms with Gasteiger partial charge in [-0.2, -0.15) is 5.10 Å². The normalized spacial score (nSPS) is 18.0. The molecule has 1 aromatic heterocycles. The lowest BCUT2D eigenvalue weighted by Crippen LogP contribution is -2.38. The summed E-state index contributed by atoms with van der Waals surface area (Å²) in [7, 11) is 0. The fraction of sp³-hybridized carbons (Fsp3) is 0.556. The fourth-order valence-electron chi connectivity index (χ4n) is 1.93. The molecular weight excluding hydrogens is 196 g/mol. The Hall–Kier alpha value is -1.72. The summed E-state index contributed by atoms with van der Waals surface area (Å²) in [4.78, 5) is 12.1. The summed E-state index contributed by atoms with van der Waals surface area (Å²) in [6.07, 6.45) is 2.37. The van der Waals surface area contributed by atoms with E-state index in [0.717, 1.165) is 12.8 Å². The molecule has 1 fully saturated rings. The van der Waals surface area contributed by atoms with Crippen molar-refractivity contribution in [1.82, 2.24) is 14.7 Å². The molecule has 0 bridgehead atoms. The van der Waals surface area contributed by atoms with Crippen LogP contribution in [-0.4, -0.2) is 39.0 Å². The minimum absolute atomic E-state index is 0.232. The number of rotatable bonds is 1. The summed E-state index contributed by atoms with van der Waals surface area (Å²) < 4.78 is 1.78. The van der Waals surface area contributed by atoms with E-state index in [9.17, 15) is 4.79 Å². The third kappa shape index (κ3) is 1.88. The number of nitrogens with zero attached hydrogens (tertiary/aromatic N) is 3. The summed E-state index contributed by atoms with van der Waals surface area (Å²) in [5.41, 5.74) is 5.74. The molecular formula is C9H14N4O2. The topological polar surface area (TPSA) is 84.4 Å². The molecule has 15 heavy (non-hydrogen) atoms. The first kappa shape index (κ1) is 9.82. The van der Waals surface area contributed by atoms with Gasteiger partial charge in [0.2, 0.25) is 0 Å². The highest BCUT2D eigenvalue weighted by Gasteiger charge is 2.24. The number of aromatic nitrogens is 2. The lowest BCUT2D eigenvalue weighted by Gasteiger charge is -2.30. The summed E-state index contributed by atoms with van der Waals surface area (Å²) in [6, 6.07) is 1.99. The summed E-state index contributed by atoms with van der Waals surface area (Å²) in [5, 5.41) is 12.9. The first-order valence-corrected chi connectivity index (χ1v) is 4.95. The first-order chi connectivity index (χ1) is 7.18. The van der Waals surface area contributed by atoms with Crippen LogP contribution >= 0.6 is 0 Å². The van der Waals surface area contributed by atoms with Crippen molar-refractivity contribution in [2.75, 3.05) is 18.8 Å². The van der Waals surface area contributed by atoms with Crippen molar-refractivity contribution in [3.05, 3.63) is 12.3 Å². The summed E-state index contributed by atoms with van der Waals surface area (Å²) in [5.74, 6) is 0.642. The van der Waals surface area contributed by atoms with Crippen molar-refractivity contribution in [3.8, 4) is 0 Å². The van der Waals surface area contributed by atoms with Crippen molar-refractivity contribution in [2.45, 2.75) is 18.9 Å². The van der Waals surface area contributed by atoms with Gasteiger partial charge in [-0.15, -0.1) is 0 Å². The Morgan fingerprint density at radius 3 is 2.67 bits per heavy atom. The minimum Gasteiger partial charge on any atom is -0.465 e. The van der Waals surface area contributed by atoms with Crippen LogP contribution in [0.5, 0.6) is 0 Å². The van der Waals surface area contributed by atoms with Crippen LogP contribution < -0.4 is 5.73 Å². The number of likely N-dealkylation sites (tertiary alicyclic amines) is 1. The second-order valence-electron chi connectivity index (χ2n) is 3.70. The number of carboxylic acid groups (broad SMARTS) is 1. The maximum absolute atomic E-state index is 10.7. The van der Waals surface area contributed by atoms with E-state index in [2.05, 4.69) is 5.10 Å². The number of amides is 1. The SMILES string of the molecule is Nc1ccnn1C1CCN(C(=O)O)CC1. The smallest absolute Gasteiger partial charge is 0.407 e. The quantitative estimate of drug-likeness (QED) is 0.717. The fourth-order valence-corrected chi connectivity index (χ4v) is 1.93. The van der Waals surface area contributed by atoms with Gasteiger partial charge in [0.05, 0.1) is 12.2 Å². The van der Waals surface area contributed by atoms with E-state index in [1.54, 1.807) is 16.9 Å². The predicted octanol–water partition coefficient (Wildman–Crippen LogP) is 0.780. The van der Waals surface area contributed by atoms with E-state index in [1.165, 1.54) is 4.90 Å². The molecule has 0 unspecified atom stereocenters. The minimum atomic E-state index is -0.845. The monoisotopic (exact) mass is 210 g/mol. The van der Waals surface area contributed by atoms with E-state index in [1.807, 2.05) is 0 Å². The zero-order valence-electron chi connectivity index (χ0n) is 8.33. The Bertz CT molecular complexity index is 355. The average molecular weight is 210 g/mol. The lowest BCUT2D eigenvalue weighted by atomic mass is 10.1. The Balaban J connectivity index is 2.00. The molecule has 0 spiro atoms. The van der Waals surface area contributed by atoms with Crippen molar-refractivity contribution in [3.63, 3.8) is 0 Å². The van der Waals surface area contributed by atoms with Crippen molar-refractivity contribution >= 4 is 11.9 Å². The Labute approximate surface area is 87.3 Å². The van der Waals surface area contributed by atoms with E-state index in [0.29, 0.717) is 18.9 Å². The lowest BCUT2D eigenvalue weighted by molar-refractivity contribution is 0.124. The molecule has 0 saturated carbocycles. The molecule has 3 N–H and O–H groups in total. The maximum atomic E-state index is 10.7. The molecule has 0 radical (unpaired) electrons. The van der Waals surface area contributed by atoms with Gasteiger partial charge in [0.1, 0.15) is 5.82 Å². The van der Waals surface area contributed by atoms with Crippen LogP contribution in [0.1, 0.15) is 18.9 Å². The molecule has 1 aliphatic heterocycles. The van der Waals surface area contributed by atoms with E-state index in [-0.39, 0.29) is 6.04 Å². The van der Waals surface area contributed by atoms with Crippen LogP contribution in [0.25, 0.3) is 0 Å². The van der Waals surface area contributed by atoms with Gasteiger partial charge in [-0.25, -0.2) is 9.48 Å². The number of hydrogen-bond donors (Lipinski definition) is 2. The molecule has 6 heteroatoms. The maximum Gasteiger partial charge on any atom is 0.407 e. The number of nitrogen functional groups attached to an aromatic ring is 1. The molecule has 0 atom stereocenters. The van der Waals surface area contributed by atoms with Crippen molar-refractivity contribution in [2.24, 2.45) is 0 Å². The molecule has 6 nitrogen and oxygen atoms in total. The van der Waals surface area contributed by atoms with Crippen LogP contribution in [0.2, 0.25) is 0 Å². The van der Waals surface area contributed by atoms with Gasteiger partial charge in [-0.05, 0) is 18.9 Å². The van der Waals surface area contributed by atoms with Crippen molar-refractivity contribution < 1.29 is 9.90 Å². The van der Waals surface area contributed by atoms with E-state index >= 15 is 0 Å². The highest BCUT2D eigenvalue weighted by molar-refractivity contribution is 5.65. The van der Waals surface area contributed by atoms with E-state index < -0.39 is 6.09 Å². The molecule has 2 heterocycles. The number of piperidine rings is 1. The molecule has 82 valence electrons. The van der Waals surface area contributed by atoms with Gasteiger partial charge < -0.3 is 15.7 Å². The zero-order valence-corrected chi connectivity index (χ0v) is 8.33. The largest absolute Gasteiger partial charge is 0.465 e. The second kappa shape index (κ2) is 3.80. The number of nitrogens with two attached hydrogens (primary N) is 1. The number of carbonyl (C=O) groups is 1. The molecule has 2 rings (SSSR count). The highest BCUT2D eigenvalue weighted by Crippen LogP contribution is 2.23. The van der Waals surface area contributed by atoms with Crippen molar-refractivity contribution in [1.29, 1.82) is 0 Å². The van der Waals surface area contributed by atoms with Gasteiger partial charge in [-0.3, -0.25) is 0 Å². The first-order valence-electron chi connectivity index (χ1n) is 4.95. The van der Waals surface area contributed by atoms with Crippen LogP contribution in [0.4, 0.5) is 10.6 Å². The Morgan fingerprint density at radius 1 is 1.53 bits per heavy atom. The Morgan fingerprint density at radius 2 is 2.20 bits per heavy atom. The Kier molecular flexibility index (Phi) is 2.49. The van der Waals surface area contributed by atoms with Crippen LogP contribution in [0.15, 0.2) is 12.3 Å². The zero-order chi connectivity index (χ0) is 10.8. The number of hydrogen-bond acceptors (Lipinski definition) is 3. The van der Waals surface area contributed by atoms with Crippen LogP contribution in [0.3, 0.4) is 0 Å². The molecule has 1 aromatic rings. The molecule has 1 amide bonds. The summed E-state index contributed by atoms with van der Waals surface area (Å²) in [6.45, 7) is 1.11. The molecule has 1 saturated heterocycles. The van der Waals surface area contributed by atoms with Gasteiger partial charge in [0.15, 0.2) is 0 Å². The average Bonchev–Trinajstić information content (AvgIpc) is 2.65. The molecule has 0 aliphatic carbocycles. The molecule has 0 aromatic carbocycles. The van der Waals surface area contributed by atoms with Gasteiger partial charge >= 0.3 is 6.09 Å². The standard InChI is InChI=1S/C9H14N4O2/c10-8-1-4-11-13(8)7-2-5-12(6-3-7)9(14)15/h1,4,7H,2-3,5-6,10H2,(H,14,15). The molecule has 1 aliphatic rings. The summed E-state index contributed by atoms with van der Waals surface area (Å²) >= 11 is 0. The van der Waals surface area contributed by atoms with Gasteiger partial charge in [-0.1, -0.05) is 0 Å². The van der Waals surface area contributed by atoms with Gasteiger partial charge in [0, 0.05) is 13.1 Å².